The number of pyridine rings is 1. The van der Waals surface area contributed by atoms with E-state index in [2.05, 4.69) is 41.2 Å². The van der Waals surface area contributed by atoms with Gasteiger partial charge in [0.05, 0.1) is 0 Å². The molecule has 0 bridgehead atoms. The van der Waals surface area contributed by atoms with Gasteiger partial charge in [-0.1, -0.05) is 26.3 Å². The summed E-state index contributed by atoms with van der Waals surface area (Å²) in [4.78, 5) is 7.18. The molecule has 2 heterocycles. The van der Waals surface area contributed by atoms with Crippen molar-refractivity contribution in [3.05, 3.63) is 23.9 Å². The number of piperidine rings is 1. The number of hydrogen-bond acceptors (Lipinski definition) is 3. The number of nitrogens with one attached hydrogen (secondary N) is 1. The zero-order valence-corrected chi connectivity index (χ0v) is 12.4. The summed E-state index contributed by atoms with van der Waals surface area (Å²) in [6, 6.07) is 4.89. The van der Waals surface area contributed by atoms with Gasteiger partial charge in [0.2, 0.25) is 0 Å². The number of rotatable bonds is 6. The van der Waals surface area contributed by atoms with E-state index in [0.29, 0.717) is 6.04 Å². The van der Waals surface area contributed by atoms with Crippen LogP contribution in [-0.4, -0.2) is 29.5 Å². The van der Waals surface area contributed by atoms with Crippen molar-refractivity contribution in [1.82, 2.24) is 9.88 Å². The third-order valence-electron chi connectivity index (χ3n) is 3.86. The first-order valence-electron chi connectivity index (χ1n) is 7.79. The van der Waals surface area contributed by atoms with Gasteiger partial charge in [-0.25, -0.2) is 4.98 Å². The van der Waals surface area contributed by atoms with Crippen LogP contribution in [0.3, 0.4) is 0 Å². The van der Waals surface area contributed by atoms with Crippen molar-refractivity contribution < 1.29 is 0 Å². The first-order chi connectivity index (χ1) is 9.36. The third-order valence-corrected chi connectivity index (χ3v) is 3.86. The quantitative estimate of drug-likeness (QED) is 0.843. The van der Waals surface area contributed by atoms with Crippen LogP contribution < -0.4 is 5.32 Å². The summed E-state index contributed by atoms with van der Waals surface area (Å²) in [7, 11) is 0. The van der Waals surface area contributed by atoms with E-state index in [1.165, 1.54) is 44.3 Å². The van der Waals surface area contributed by atoms with E-state index in [4.69, 9.17) is 0 Å². The van der Waals surface area contributed by atoms with Crippen LogP contribution in [-0.2, 0) is 0 Å². The molecule has 0 unspecified atom stereocenters. The Hall–Kier alpha value is -1.09. The van der Waals surface area contributed by atoms with Gasteiger partial charge in [-0.05, 0) is 44.8 Å². The van der Waals surface area contributed by atoms with E-state index in [0.717, 1.165) is 18.8 Å². The van der Waals surface area contributed by atoms with Gasteiger partial charge >= 0.3 is 0 Å². The molecule has 19 heavy (non-hydrogen) atoms. The fraction of sp³-hybridized carbons (Fsp3) is 0.688. The molecule has 3 nitrogen and oxygen atoms in total. The molecule has 1 aromatic heterocycles. The molecule has 1 aliphatic heterocycles. The van der Waals surface area contributed by atoms with Gasteiger partial charge in [-0.15, -0.1) is 0 Å². The molecule has 0 radical (unpaired) electrons. The fourth-order valence-electron chi connectivity index (χ4n) is 2.98. The lowest BCUT2D eigenvalue weighted by atomic mass is 9.95. The third kappa shape index (κ3) is 3.69. The second-order valence-corrected chi connectivity index (χ2v) is 5.42. The van der Waals surface area contributed by atoms with E-state index >= 15 is 0 Å². The molecule has 1 N–H and O–H groups in total. The summed E-state index contributed by atoms with van der Waals surface area (Å²) < 4.78 is 0. The molecule has 0 spiro atoms. The molecule has 1 fully saturated rings. The smallest absolute Gasteiger partial charge is 0.130 e. The Morgan fingerprint density at radius 2 is 2.21 bits per heavy atom. The van der Waals surface area contributed by atoms with Crippen molar-refractivity contribution in [3.8, 4) is 0 Å². The largest absolute Gasteiger partial charge is 0.370 e. The molecule has 2 rings (SSSR count). The van der Waals surface area contributed by atoms with Gasteiger partial charge in [-0.3, -0.25) is 4.90 Å². The maximum Gasteiger partial charge on any atom is 0.130 e. The number of anilines is 1. The van der Waals surface area contributed by atoms with Crippen molar-refractivity contribution in [1.29, 1.82) is 0 Å². The second kappa shape index (κ2) is 7.49. The molecular formula is C16H27N3. The fourth-order valence-corrected chi connectivity index (χ4v) is 2.98. The minimum atomic E-state index is 0.557. The zero-order chi connectivity index (χ0) is 13.5. The average molecular weight is 261 g/mol. The van der Waals surface area contributed by atoms with E-state index in [1.807, 2.05) is 6.20 Å². The summed E-state index contributed by atoms with van der Waals surface area (Å²) in [6.07, 6.45) is 8.22. The molecule has 106 valence electrons. The molecule has 0 aliphatic carbocycles. The van der Waals surface area contributed by atoms with Crippen molar-refractivity contribution >= 4 is 5.82 Å². The van der Waals surface area contributed by atoms with Gasteiger partial charge in [0.15, 0.2) is 0 Å². The zero-order valence-electron chi connectivity index (χ0n) is 12.4. The minimum Gasteiger partial charge on any atom is -0.370 e. The lowest BCUT2D eigenvalue weighted by Crippen LogP contribution is -2.34. The Bertz CT molecular complexity index is 376. The Balaban J connectivity index is 2.17. The van der Waals surface area contributed by atoms with Gasteiger partial charge in [0.25, 0.3) is 0 Å². The number of aromatic nitrogens is 1. The first kappa shape index (κ1) is 14.3. The SMILES string of the molecule is CCCNc1ncccc1[C@H]1CCCCN1CCC. The van der Waals surface area contributed by atoms with E-state index in [-0.39, 0.29) is 0 Å². The van der Waals surface area contributed by atoms with Gasteiger partial charge in [0, 0.05) is 24.3 Å². The van der Waals surface area contributed by atoms with Crippen LogP contribution in [0.5, 0.6) is 0 Å². The normalized spacial score (nSPS) is 20.4. The molecule has 1 aliphatic rings. The van der Waals surface area contributed by atoms with Crippen LogP contribution in [0, 0.1) is 0 Å². The summed E-state index contributed by atoms with van der Waals surface area (Å²) in [6.45, 7) is 7.91. The summed E-state index contributed by atoms with van der Waals surface area (Å²) >= 11 is 0. The lowest BCUT2D eigenvalue weighted by Gasteiger charge is -2.36. The van der Waals surface area contributed by atoms with Gasteiger partial charge < -0.3 is 5.32 Å². The summed E-state index contributed by atoms with van der Waals surface area (Å²) in [5, 5.41) is 3.49. The molecule has 0 saturated carbocycles. The average Bonchev–Trinajstić information content (AvgIpc) is 2.46. The highest BCUT2D eigenvalue weighted by molar-refractivity contribution is 5.45. The van der Waals surface area contributed by atoms with Gasteiger partial charge in [-0.2, -0.15) is 0 Å². The molecule has 3 heteroatoms. The molecule has 1 atom stereocenters. The number of hydrogen-bond donors (Lipinski definition) is 1. The monoisotopic (exact) mass is 261 g/mol. The van der Waals surface area contributed by atoms with Gasteiger partial charge in [0.1, 0.15) is 5.82 Å². The highest BCUT2D eigenvalue weighted by Gasteiger charge is 2.25. The Labute approximate surface area is 117 Å². The van der Waals surface area contributed by atoms with Crippen LogP contribution in [0.4, 0.5) is 5.82 Å². The Morgan fingerprint density at radius 3 is 3.00 bits per heavy atom. The highest BCUT2D eigenvalue weighted by atomic mass is 15.2. The van der Waals surface area contributed by atoms with Crippen molar-refractivity contribution in [3.63, 3.8) is 0 Å². The van der Waals surface area contributed by atoms with E-state index < -0.39 is 0 Å². The van der Waals surface area contributed by atoms with Crippen LogP contribution in [0.2, 0.25) is 0 Å². The molecule has 0 amide bonds. The van der Waals surface area contributed by atoms with Crippen LogP contribution in [0.25, 0.3) is 0 Å². The van der Waals surface area contributed by atoms with Crippen molar-refractivity contribution in [2.45, 2.75) is 52.0 Å². The van der Waals surface area contributed by atoms with Crippen LogP contribution in [0.15, 0.2) is 18.3 Å². The Kier molecular flexibility index (Phi) is 5.64. The van der Waals surface area contributed by atoms with E-state index in [9.17, 15) is 0 Å². The highest BCUT2D eigenvalue weighted by Crippen LogP contribution is 2.34. The minimum absolute atomic E-state index is 0.557. The second-order valence-electron chi connectivity index (χ2n) is 5.42. The number of nitrogens with zero attached hydrogens (tertiary/aromatic N) is 2. The van der Waals surface area contributed by atoms with Crippen LogP contribution >= 0.6 is 0 Å². The van der Waals surface area contributed by atoms with Crippen molar-refractivity contribution in [2.24, 2.45) is 0 Å². The lowest BCUT2D eigenvalue weighted by molar-refractivity contribution is 0.149. The molecule has 1 saturated heterocycles. The maximum atomic E-state index is 4.55. The predicted molar refractivity (Wildman–Crippen MR) is 81.5 cm³/mol. The Morgan fingerprint density at radius 1 is 1.32 bits per heavy atom. The van der Waals surface area contributed by atoms with Crippen molar-refractivity contribution in [2.75, 3.05) is 25.0 Å². The molecule has 0 aromatic carbocycles. The molecule has 1 aromatic rings. The number of likely N-dealkylation sites (tertiary alicyclic amines) is 1. The first-order valence-corrected chi connectivity index (χ1v) is 7.79. The standard InChI is InChI=1S/C16H27N3/c1-3-10-17-16-14(8-7-11-18-16)15-9-5-6-13-19(15)12-4-2/h7-8,11,15H,3-6,9-10,12-13H2,1-2H3,(H,17,18)/t15-/m1/s1. The van der Waals surface area contributed by atoms with E-state index in [1.54, 1.807) is 0 Å². The topological polar surface area (TPSA) is 28.2 Å². The maximum absolute atomic E-state index is 4.55. The summed E-state index contributed by atoms with van der Waals surface area (Å²) in [5.41, 5.74) is 1.39. The predicted octanol–water partition coefficient (Wildman–Crippen LogP) is 3.84. The molecular weight excluding hydrogens is 234 g/mol. The van der Waals surface area contributed by atoms with Crippen LogP contribution in [0.1, 0.15) is 57.6 Å². The summed E-state index contributed by atoms with van der Waals surface area (Å²) in [5.74, 6) is 1.09.